The van der Waals surface area contributed by atoms with Gasteiger partial charge in [0.15, 0.2) is 0 Å². The first-order chi connectivity index (χ1) is 31.2. The van der Waals surface area contributed by atoms with Gasteiger partial charge in [-0.1, -0.05) is 52.3 Å². The summed E-state index contributed by atoms with van der Waals surface area (Å²) in [5.74, 6) is -4.62. The van der Waals surface area contributed by atoms with E-state index in [4.69, 9.17) is 4.74 Å². The monoisotopic (exact) mass is 916 g/mol. The van der Waals surface area contributed by atoms with E-state index in [1.165, 1.54) is 0 Å². The van der Waals surface area contributed by atoms with Crippen LogP contribution in [-0.2, 0) is 40.0 Å². The molecule has 2 aromatic rings. The van der Waals surface area contributed by atoms with E-state index in [0.717, 1.165) is 50.1 Å². The molecule has 66 heavy (non-hydrogen) atoms. The molecule has 0 radical (unpaired) electrons. The summed E-state index contributed by atoms with van der Waals surface area (Å²) in [4.78, 5) is 105. The van der Waals surface area contributed by atoms with Crippen molar-refractivity contribution in [3.05, 3.63) is 53.6 Å². The molecule has 17 heteroatoms. The number of likely N-dealkylation sites (N-methyl/N-ethyl adjacent to an activating group) is 1. The van der Waals surface area contributed by atoms with Crippen LogP contribution in [0.25, 0.3) is 11.1 Å². The molecule has 3 aliphatic rings. The van der Waals surface area contributed by atoms with Crippen LogP contribution in [0.4, 0.5) is 5.69 Å². The zero-order chi connectivity index (χ0) is 48.5. The van der Waals surface area contributed by atoms with Crippen molar-refractivity contribution < 1.29 is 38.3 Å². The van der Waals surface area contributed by atoms with Crippen molar-refractivity contribution in [3.63, 3.8) is 0 Å². The second-order valence-corrected chi connectivity index (χ2v) is 19.7. The molecule has 0 spiro atoms. The van der Waals surface area contributed by atoms with E-state index in [1.54, 1.807) is 26.0 Å². The quantitative estimate of drug-likeness (QED) is 0.202. The lowest BCUT2D eigenvalue weighted by Crippen LogP contribution is -2.64. The second-order valence-electron chi connectivity index (χ2n) is 19.7. The van der Waals surface area contributed by atoms with Gasteiger partial charge in [-0.2, -0.15) is 0 Å². The number of ether oxygens (including phenoxy) is 1. The topological polar surface area (TPSA) is 211 Å². The molecule has 3 heterocycles. The first-order valence-electron chi connectivity index (χ1n) is 23.5. The number of nitrogens with zero attached hydrogens (tertiary/aromatic N) is 3. The summed E-state index contributed by atoms with van der Waals surface area (Å²) < 4.78 is 4.89. The Morgan fingerprint density at radius 2 is 1.47 bits per heavy atom. The molecule has 0 aromatic heterocycles. The van der Waals surface area contributed by atoms with Gasteiger partial charge in [-0.25, -0.2) is 0 Å². The van der Waals surface area contributed by atoms with Crippen LogP contribution < -0.4 is 36.8 Å². The zero-order valence-corrected chi connectivity index (χ0v) is 40.5. The van der Waals surface area contributed by atoms with Gasteiger partial charge in [0, 0.05) is 49.5 Å². The number of carbonyl (C=O) groups excluding carboxylic acids is 7. The highest BCUT2D eigenvalue weighted by molar-refractivity contribution is 6.00. The fourth-order valence-corrected chi connectivity index (χ4v) is 8.92. The van der Waals surface area contributed by atoms with Crippen LogP contribution in [0.15, 0.2) is 42.5 Å². The van der Waals surface area contributed by atoms with Crippen molar-refractivity contribution >= 4 is 47.1 Å². The summed E-state index contributed by atoms with van der Waals surface area (Å²) in [6, 6.07) is 7.13. The summed E-state index contributed by atoms with van der Waals surface area (Å²) in [5, 5.41) is 17.5. The number of methoxy groups -OCH3 is 1. The number of fused-ring (bicyclic) bond motifs is 3. The number of piperazine rings is 1. The molecule has 2 aromatic carbocycles. The Kier molecular flexibility index (Phi) is 17.7. The van der Waals surface area contributed by atoms with E-state index in [0.29, 0.717) is 31.4 Å². The standard InChI is InChI=1S/C49H73N9O8/c1-11-30(4)41-47(64)51-31(5)42(48(65)55-49(6,7)8)58-20-12-13-39(58)46(63)50-28-34-26-33(16-19-36(34)32-14-17-35(18-15-32)57-23-21-56(9)22-24-57)43(60)52-37(25-29(2)3)44(61)53-38(45(62)54-41)27-40(59)66-10/h14-19,26,29-31,37-39,41-42H,11-13,20-25,27-28H2,1-10H3,(H,50,63)(H,51,64)(H,52,60)(H,53,61)(H,54,62)(H,55,65)/t30-,31-,37-,38-,39-,41-,42?/m0/s1. The van der Waals surface area contributed by atoms with Crippen molar-refractivity contribution in [2.24, 2.45) is 11.8 Å². The molecule has 3 aliphatic heterocycles. The molecule has 6 amide bonds. The average molecular weight is 916 g/mol. The van der Waals surface area contributed by atoms with Crippen molar-refractivity contribution in [1.29, 1.82) is 0 Å². The van der Waals surface area contributed by atoms with Crippen molar-refractivity contribution in [3.8, 4) is 11.1 Å². The third-order valence-corrected chi connectivity index (χ3v) is 12.8. The normalized spacial score (nSPS) is 25.0. The van der Waals surface area contributed by atoms with E-state index in [9.17, 15) is 33.6 Å². The Labute approximate surface area is 390 Å². The molecule has 2 bridgehead atoms. The van der Waals surface area contributed by atoms with E-state index in [1.807, 2.05) is 64.6 Å². The maximum Gasteiger partial charge on any atom is 0.308 e. The van der Waals surface area contributed by atoms with Crippen molar-refractivity contribution in [2.45, 2.75) is 136 Å². The van der Waals surface area contributed by atoms with Gasteiger partial charge in [0.25, 0.3) is 5.91 Å². The van der Waals surface area contributed by atoms with E-state index in [2.05, 4.69) is 60.9 Å². The molecule has 1 unspecified atom stereocenters. The molecular weight excluding hydrogens is 843 g/mol. The number of rotatable bonds is 9. The summed E-state index contributed by atoms with van der Waals surface area (Å²) in [7, 11) is 3.28. The fourth-order valence-electron chi connectivity index (χ4n) is 8.92. The lowest BCUT2D eigenvalue weighted by molar-refractivity contribution is -0.144. The van der Waals surface area contributed by atoms with Crippen molar-refractivity contribution in [2.75, 3.05) is 51.8 Å². The lowest BCUT2D eigenvalue weighted by Gasteiger charge is -2.38. The van der Waals surface area contributed by atoms with Crippen LogP contribution >= 0.6 is 0 Å². The van der Waals surface area contributed by atoms with E-state index < -0.39 is 83.7 Å². The van der Waals surface area contributed by atoms with Crippen LogP contribution in [0.3, 0.4) is 0 Å². The molecule has 0 saturated carbocycles. The lowest BCUT2D eigenvalue weighted by atomic mass is 9.96. The summed E-state index contributed by atoms with van der Waals surface area (Å²) in [6.07, 6.45) is 1.20. The second kappa shape index (κ2) is 22.8. The molecule has 2 saturated heterocycles. The van der Waals surface area contributed by atoms with Crippen LogP contribution in [0.5, 0.6) is 0 Å². The molecular formula is C49H73N9O8. The van der Waals surface area contributed by atoms with Gasteiger partial charge >= 0.3 is 5.97 Å². The maximum absolute atomic E-state index is 14.4. The highest BCUT2D eigenvalue weighted by Gasteiger charge is 2.43. The highest BCUT2D eigenvalue weighted by Crippen LogP contribution is 2.29. The maximum atomic E-state index is 14.4. The fraction of sp³-hybridized carbons (Fsp3) is 0.612. The van der Waals surface area contributed by atoms with Crippen LogP contribution in [0, 0.1) is 11.8 Å². The van der Waals surface area contributed by atoms with Crippen LogP contribution in [0.1, 0.15) is 103 Å². The van der Waals surface area contributed by atoms with Gasteiger partial charge in [0.05, 0.1) is 25.6 Å². The highest BCUT2D eigenvalue weighted by atomic mass is 16.5. The number of esters is 1. The largest absolute Gasteiger partial charge is 0.469 e. The predicted octanol–water partition coefficient (Wildman–Crippen LogP) is 2.71. The van der Waals surface area contributed by atoms with Crippen molar-refractivity contribution in [1.82, 2.24) is 41.7 Å². The molecule has 0 aliphatic carbocycles. The zero-order valence-electron chi connectivity index (χ0n) is 40.5. The number of nitrogens with one attached hydrogen (secondary N) is 6. The Bertz CT molecular complexity index is 2060. The molecule has 2 fully saturated rings. The van der Waals surface area contributed by atoms with E-state index >= 15 is 0 Å². The number of anilines is 1. The number of benzene rings is 2. The first-order valence-corrected chi connectivity index (χ1v) is 23.5. The smallest absolute Gasteiger partial charge is 0.308 e. The van der Waals surface area contributed by atoms with Gasteiger partial charge < -0.3 is 46.4 Å². The summed E-state index contributed by atoms with van der Waals surface area (Å²) in [6.45, 7) is 18.9. The van der Waals surface area contributed by atoms with Gasteiger partial charge in [-0.3, -0.25) is 38.5 Å². The number of hydrogen-bond donors (Lipinski definition) is 6. The Balaban J connectivity index is 1.59. The third-order valence-electron chi connectivity index (χ3n) is 12.8. The van der Waals surface area contributed by atoms with Crippen LogP contribution in [-0.4, -0.2) is 140 Å². The SMILES string of the molecule is CC[C@H](C)[C@@H]1NC(=O)[C@H](CC(=O)OC)NC(=O)[C@H](CC(C)C)NC(=O)c2ccc(-c3ccc(N4CCN(C)CC4)cc3)c(c2)CNC(=O)[C@@H]2CCCN2C(C(=O)NC(C)(C)C)[C@H](C)NC1=O. The molecule has 7 atom stereocenters. The van der Waals surface area contributed by atoms with Crippen LogP contribution in [0.2, 0.25) is 0 Å². The van der Waals surface area contributed by atoms with Gasteiger partial charge in [0.1, 0.15) is 24.2 Å². The minimum atomic E-state index is -1.47. The Morgan fingerprint density at radius 1 is 0.818 bits per heavy atom. The predicted molar refractivity (Wildman–Crippen MR) is 253 cm³/mol. The van der Waals surface area contributed by atoms with Gasteiger partial charge in [-0.05, 0) is 113 Å². The number of carbonyl (C=O) groups is 7. The third kappa shape index (κ3) is 13.5. The number of hydrogen-bond acceptors (Lipinski definition) is 11. The van der Waals surface area contributed by atoms with E-state index in [-0.39, 0.29) is 36.3 Å². The molecule has 6 N–H and O–H groups in total. The molecule has 17 nitrogen and oxygen atoms in total. The average Bonchev–Trinajstić information content (AvgIpc) is 3.74. The molecule has 5 rings (SSSR count). The first kappa shape index (κ1) is 51.4. The minimum Gasteiger partial charge on any atom is -0.469 e. The number of amides is 6. The van der Waals surface area contributed by atoms with Gasteiger partial charge in [-0.15, -0.1) is 0 Å². The summed E-state index contributed by atoms with van der Waals surface area (Å²) >= 11 is 0. The Hall–Kier alpha value is -5.55. The minimum absolute atomic E-state index is 0.0421. The summed E-state index contributed by atoms with van der Waals surface area (Å²) in [5.41, 5.74) is 3.02. The Morgan fingerprint density at radius 3 is 2.09 bits per heavy atom. The van der Waals surface area contributed by atoms with Gasteiger partial charge in [0.2, 0.25) is 29.5 Å². The molecule has 362 valence electrons.